The fourth-order valence-electron chi connectivity index (χ4n) is 4.52. The Morgan fingerprint density at radius 1 is 0.914 bits per heavy atom. The van der Waals surface area contributed by atoms with Gasteiger partial charge in [-0.25, -0.2) is 0 Å². The molecule has 4 aromatic carbocycles. The van der Waals surface area contributed by atoms with Crippen LogP contribution in [-0.2, 0) is 16.0 Å². The monoisotopic (exact) mass is 463 g/mol. The van der Waals surface area contributed by atoms with Gasteiger partial charge in [0.05, 0.1) is 11.4 Å². The van der Waals surface area contributed by atoms with Gasteiger partial charge in [0.1, 0.15) is 6.42 Å². The van der Waals surface area contributed by atoms with Crippen LogP contribution in [0.3, 0.4) is 0 Å². The number of nitrogens with one attached hydrogen (secondary N) is 2. The first kappa shape index (κ1) is 22.3. The van der Waals surface area contributed by atoms with Crippen molar-refractivity contribution >= 4 is 51.2 Å². The Balaban J connectivity index is 1.46. The van der Waals surface area contributed by atoms with Crippen molar-refractivity contribution in [3.63, 3.8) is 0 Å². The number of nitrogens with zero attached hydrogens (tertiary/aromatic N) is 1. The van der Waals surface area contributed by atoms with Crippen molar-refractivity contribution in [1.29, 1.82) is 0 Å². The highest BCUT2D eigenvalue weighted by molar-refractivity contribution is 6.21. The van der Waals surface area contributed by atoms with E-state index >= 15 is 0 Å². The van der Waals surface area contributed by atoms with Crippen LogP contribution in [0.1, 0.15) is 35.7 Å². The van der Waals surface area contributed by atoms with Crippen LogP contribution in [0.2, 0.25) is 0 Å². The van der Waals surface area contributed by atoms with Gasteiger partial charge in [0.2, 0.25) is 11.8 Å². The van der Waals surface area contributed by atoms with Gasteiger partial charge in [-0.05, 0) is 53.8 Å². The lowest BCUT2D eigenvalue weighted by Crippen LogP contribution is -2.26. The molecule has 0 spiro atoms. The van der Waals surface area contributed by atoms with Gasteiger partial charge >= 0.3 is 0 Å². The average molecular weight is 464 g/mol. The van der Waals surface area contributed by atoms with Gasteiger partial charge in [-0.2, -0.15) is 0 Å². The number of fused-ring (bicyclic) bond motifs is 3. The van der Waals surface area contributed by atoms with Crippen LogP contribution < -0.4 is 15.5 Å². The molecule has 0 saturated heterocycles. The van der Waals surface area contributed by atoms with Crippen molar-refractivity contribution < 1.29 is 14.4 Å². The molecular weight excluding hydrogens is 438 g/mol. The minimum absolute atomic E-state index is 0.167. The molecule has 0 atom stereocenters. The van der Waals surface area contributed by atoms with E-state index in [4.69, 9.17) is 0 Å². The van der Waals surface area contributed by atoms with Gasteiger partial charge in [-0.1, -0.05) is 61.9 Å². The van der Waals surface area contributed by atoms with Gasteiger partial charge in [0, 0.05) is 22.3 Å². The van der Waals surface area contributed by atoms with Crippen molar-refractivity contribution in [3.05, 3.63) is 96.1 Å². The Hall–Kier alpha value is -4.45. The molecule has 6 nitrogen and oxygen atoms in total. The standard InChI is InChI=1S/C29H25N3O3/c1-2-7-19-8-4-6-11-24(19)29(35)30-21-13-15-22(16-14-21)32-25-17-12-20-9-3-5-10-23(20)28(25)31-26(33)18-27(32)34/h3-6,8-17H,2,7,18H2,1H3,(H,30,35)(H,31,33). The molecule has 0 saturated carbocycles. The third-order valence-corrected chi connectivity index (χ3v) is 6.14. The van der Waals surface area contributed by atoms with E-state index in [9.17, 15) is 14.4 Å². The van der Waals surface area contributed by atoms with Crippen LogP contribution in [0, 0.1) is 0 Å². The fourth-order valence-corrected chi connectivity index (χ4v) is 4.52. The zero-order valence-corrected chi connectivity index (χ0v) is 19.4. The lowest BCUT2D eigenvalue weighted by molar-refractivity contribution is -0.124. The number of aryl methyl sites for hydroxylation is 1. The molecule has 1 heterocycles. The Bertz CT molecular complexity index is 1440. The second kappa shape index (κ2) is 9.43. The van der Waals surface area contributed by atoms with Crippen molar-refractivity contribution in [2.75, 3.05) is 15.5 Å². The predicted octanol–water partition coefficient (Wildman–Crippen LogP) is 6.05. The minimum Gasteiger partial charge on any atom is -0.323 e. The zero-order chi connectivity index (χ0) is 24.4. The van der Waals surface area contributed by atoms with Crippen molar-refractivity contribution in [2.24, 2.45) is 0 Å². The molecule has 5 rings (SSSR count). The molecule has 174 valence electrons. The topological polar surface area (TPSA) is 78.5 Å². The Kier molecular flexibility index (Phi) is 6.02. The molecule has 6 heteroatoms. The molecule has 4 aromatic rings. The van der Waals surface area contributed by atoms with Crippen LogP contribution in [-0.4, -0.2) is 17.7 Å². The molecule has 2 N–H and O–H groups in total. The predicted molar refractivity (Wildman–Crippen MR) is 139 cm³/mol. The van der Waals surface area contributed by atoms with Crippen LogP contribution in [0.5, 0.6) is 0 Å². The van der Waals surface area contributed by atoms with E-state index in [0.29, 0.717) is 28.3 Å². The second-order valence-electron chi connectivity index (χ2n) is 8.54. The summed E-state index contributed by atoms with van der Waals surface area (Å²) in [5.74, 6) is -0.828. The molecule has 0 unspecified atom stereocenters. The smallest absolute Gasteiger partial charge is 0.255 e. The third-order valence-electron chi connectivity index (χ3n) is 6.14. The van der Waals surface area contributed by atoms with E-state index in [1.54, 1.807) is 29.2 Å². The first-order chi connectivity index (χ1) is 17.0. The van der Waals surface area contributed by atoms with E-state index in [0.717, 1.165) is 29.2 Å². The van der Waals surface area contributed by atoms with E-state index in [1.807, 2.05) is 60.7 Å². The number of carbonyl (C=O) groups is 3. The highest BCUT2D eigenvalue weighted by atomic mass is 16.2. The quantitative estimate of drug-likeness (QED) is 0.354. The Labute approximate surface area is 203 Å². The summed E-state index contributed by atoms with van der Waals surface area (Å²) >= 11 is 0. The number of amides is 3. The molecule has 35 heavy (non-hydrogen) atoms. The first-order valence-corrected chi connectivity index (χ1v) is 11.7. The highest BCUT2D eigenvalue weighted by Crippen LogP contribution is 2.40. The Morgan fingerprint density at radius 2 is 1.66 bits per heavy atom. The maximum absolute atomic E-state index is 13.1. The first-order valence-electron chi connectivity index (χ1n) is 11.7. The largest absolute Gasteiger partial charge is 0.323 e. The fraction of sp³-hybridized carbons (Fsp3) is 0.138. The lowest BCUT2D eigenvalue weighted by atomic mass is 10.0. The molecule has 0 bridgehead atoms. The molecule has 1 aliphatic heterocycles. The van der Waals surface area contributed by atoms with Crippen molar-refractivity contribution in [1.82, 2.24) is 0 Å². The van der Waals surface area contributed by atoms with Crippen molar-refractivity contribution in [3.8, 4) is 0 Å². The molecular formula is C29H25N3O3. The summed E-state index contributed by atoms with van der Waals surface area (Å²) in [6.45, 7) is 2.08. The van der Waals surface area contributed by atoms with E-state index in [2.05, 4.69) is 17.6 Å². The maximum atomic E-state index is 13.1. The van der Waals surface area contributed by atoms with Crippen molar-refractivity contribution in [2.45, 2.75) is 26.2 Å². The number of rotatable bonds is 5. The molecule has 3 amide bonds. The maximum Gasteiger partial charge on any atom is 0.255 e. The Morgan fingerprint density at radius 3 is 2.46 bits per heavy atom. The van der Waals surface area contributed by atoms with Gasteiger partial charge in [-0.15, -0.1) is 0 Å². The normalized spacial score (nSPS) is 13.2. The van der Waals surface area contributed by atoms with E-state index < -0.39 is 0 Å². The van der Waals surface area contributed by atoms with Crippen LogP contribution >= 0.6 is 0 Å². The summed E-state index contributed by atoms with van der Waals surface area (Å²) in [6.07, 6.45) is 1.53. The zero-order valence-electron chi connectivity index (χ0n) is 19.4. The summed E-state index contributed by atoms with van der Waals surface area (Å²) in [4.78, 5) is 40.0. The second-order valence-corrected chi connectivity index (χ2v) is 8.54. The van der Waals surface area contributed by atoms with Crippen LogP contribution in [0.15, 0.2) is 84.9 Å². The van der Waals surface area contributed by atoms with Crippen LogP contribution in [0.25, 0.3) is 10.8 Å². The van der Waals surface area contributed by atoms with Gasteiger partial charge in [0.25, 0.3) is 5.91 Å². The third kappa shape index (κ3) is 4.38. The van der Waals surface area contributed by atoms with Gasteiger partial charge in [0.15, 0.2) is 0 Å². The summed E-state index contributed by atoms with van der Waals surface area (Å²) in [6, 6.07) is 26.2. The molecule has 1 aliphatic rings. The number of anilines is 4. The minimum atomic E-state index is -0.343. The molecule has 0 aromatic heterocycles. The van der Waals surface area contributed by atoms with Crippen LogP contribution in [0.4, 0.5) is 22.7 Å². The van der Waals surface area contributed by atoms with E-state index in [1.165, 1.54) is 0 Å². The summed E-state index contributed by atoms with van der Waals surface area (Å²) in [5.41, 5.74) is 4.15. The summed E-state index contributed by atoms with van der Waals surface area (Å²) < 4.78 is 0. The molecule has 0 radical (unpaired) electrons. The number of hydrogen-bond donors (Lipinski definition) is 2. The number of carbonyl (C=O) groups excluding carboxylic acids is 3. The summed E-state index contributed by atoms with van der Waals surface area (Å²) in [7, 11) is 0. The molecule has 0 fully saturated rings. The van der Waals surface area contributed by atoms with Gasteiger partial charge < -0.3 is 10.6 Å². The van der Waals surface area contributed by atoms with Gasteiger partial charge in [-0.3, -0.25) is 19.3 Å². The number of hydrogen-bond acceptors (Lipinski definition) is 3. The summed E-state index contributed by atoms with van der Waals surface area (Å²) in [5, 5.41) is 7.70. The average Bonchev–Trinajstić information content (AvgIpc) is 2.99. The number of benzene rings is 4. The van der Waals surface area contributed by atoms with E-state index in [-0.39, 0.29) is 24.1 Å². The lowest BCUT2D eigenvalue weighted by Gasteiger charge is -2.23. The molecule has 0 aliphatic carbocycles. The highest BCUT2D eigenvalue weighted by Gasteiger charge is 2.28. The SMILES string of the molecule is CCCc1ccccc1C(=O)Nc1ccc(N2C(=O)CC(=O)Nc3c2ccc2ccccc32)cc1.